The lowest BCUT2D eigenvalue weighted by Gasteiger charge is -2.40. The summed E-state index contributed by atoms with van der Waals surface area (Å²) in [6.45, 7) is 2.61. The molecule has 1 spiro atoms. The summed E-state index contributed by atoms with van der Waals surface area (Å²) in [7, 11) is 0. The van der Waals surface area contributed by atoms with E-state index >= 15 is 0 Å². The van der Waals surface area contributed by atoms with E-state index in [4.69, 9.17) is 4.74 Å². The molecule has 3 heteroatoms. The highest BCUT2D eigenvalue weighted by Gasteiger charge is 2.43. The Morgan fingerprint density at radius 2 is 1.94 bits per heavy atom. The van der Waals surface area contributed by atoms with Crippen LogP contribution in [0.2, 0.25) is 0 Å². The molecular formula is C13H21NO2. The van der Waals surface area contributed by atoms with Crippen molar-refractivity contribution in [3.05, 3.63) is 0 Å². The van der Waals surface area contributed by atoms with E-state index in [1.54, 1.807) is 0 Å². The van der Waals surface area contributed by atoms with E-state index in [0.717, 1.165) is 32.5 Å². The Morgan fingerprint density at radius 3 is 2.56 bits per heavy atom. The van der Waals surface area contributed by atoms with Gasteiger partial charge in [-0.15, -0.1) is 0 Å². The molecule has 2 heterocycles. The maximum absolute atomic E-state index is 12.2. The molecule has 0 amide bonds. The van der Waals surface area contributed by atoms with Gasteiger partial charge in [-0.25, -0.2) is 0 Å². The van der Waals surface area contributed by atoms with Crippen molar-refractivity contribution in [3.63, 3.8) is 0 Å². The van der Waals surface area contributed by atoms with Crippen molar-refractivity contribution in [1.29, 1.82) is 0 Å². The van der Waals surface area contributed by atoms with Crippen molar-refractivity contribution in [2.24, 2.45) is 11.8 Å². The molecule has 1 atom stereocenters. The van der Waals surface area contributed by atoms with Crippen LogP contribution in [0.3, 0.4) is 0 Å². The van der Waals surface area contributed by atoms with Crippen LogP contribution in [0.5, 0.6) is 0 Å². The van der Waals surface area contributed by atoms with Crippen LogP contribution in [0, 0.1) is 11.8 Å². The second kappa shape index (κ2) is 4.11. The molecule has 16 heavy (non-hydrogen) atoms. The van der Waals surface area contributed by atoms with Crippen molar-refractivity contribution in [2.75, 3.05) is 19.7 Å². The SMILES string of the molecule is O=C(C1CNC1)C1CCOC2(CCCC2)C1. The summed E-state index contributed by atoms with van der Waals surface area (Å²) in [5.41, 5.74) is 0.0930. The Bertz CT molecular complexity index is 280. The van der Waals surface area contributed by atoms with Crippen LogP contribution in [-0.4, -0.2) is 31.1 Å². The molecule has 3 nitrogen and oxygen atoms in total. The molecule has 0 radical (unpaired) electrons. The van der Waals surface area contributed by atoms with E-state index < -0.39 is 0 Å². The maximum atomic E-state index is 12.2. The van der Waals surface area contributed by atoms with Crippen LogP contribution in [0.1, 0.15) is 38.5 Å². The first kappa shape index (κ1) is 10.7. The lowest BCUT2D eigenvalue weighted by molar-refractivity contribution is -0.141. The van der Waals surface area contributed by atoms with Gasteiger partial charge in [0, 0.05) is 31.5 Å². The summed E-state index contributed by atoms with van der Waals surface area (Å²) in [4.78, 5) is 12.2. The Balaban J connectivity index is 1.64. The zero-order chi connectivity index (χ0) is 11.0. The highest BCUT2D eigenvalue weighted by Crippen LogP contribution is 2.42. The Kier molecular flexibility index (Phi) is 2.76. The third kappa shape index (κ3) is 1.80. The summed E-state index contributed by atoms with van der Waals surface area (Å²) in [6, 6.07) is 0. The highest BCUT2D eigenvalue weighted by atomic mass is 16.5. The van der Waals surface area contributed by atoms with E-state index in [1.165, 1.54) is 25.7 Å². The number of nitrogens with one attached hydrogen (secondary N) is 1. The van der Waals surface area contributed by atoms with Crippen LogP contribution in [0.25, 0.3) is 0 Å². The number of ether oxygens (including phenoxy) is 1. The Hall–Kier alpha value is -0.410. The number of hydrogen-bond donors (Lipinski definition) is 1. The maximum Gasteiger partial charge on any atom is 0.141 e. The molecule has 2 aliphatic heterocycles. The lowest BCUT2D eigenvalue weighted by atomic mass is 9.78. The van der Waals surface area contributed by atoms with Crippen LogP contribution < -0.4 is 5.32 Å². The molecule has 3 fully saturated rings. The molecule has 0 aromatic carbocycles. The lowest BCUT2D eigenvalue weighted by Crippen LogP contribution is -2.50. The molecule has 0 bridgehead atoms. The Morgan fingerprint density at radius 1 is 1.19 bits per heavy atom. The van der Waals surface area contributed by atoms with Gasteiger partial charge in [0.2, 0.25) is 0 Å². The third-order valence-corrected chi connectivity index (χ3v) is 4.59. The van der Waals surface area contributed by atoms with E-state index in [-0.39, 0.29) is 5.60 Å². The highest BCUT2D eigenvalue weighted by molar-refractivity contribution is 5.84. The molecule has 1 saturated carbocycles. The number of carbonyl (C=O) groups is 1. The van der Waals surface area contributed by atoms with Gasteiger partial charge in [0.25, 0.3) is 0 Å². The van der Waals surface area contributed by atoms with Crippen LogP contribution in [-0.2, 0) is 9.53 Å². The third-order valence-electron chi connectivity index (χ3n) is 4.59. The van der Waals surface area contributed by atoms with Gasteiger partial charge in [0.1, 0.15) is 5.78 Å². The topological polar surface area (TPSA) is 38.3 Å². The second-order valence-electron chi connectivity index (χ2n) is 5.69. The normalized spacial score (nSPS) is 33.9. The van der Waals surface area contributed by atoms with Gasteiger partial charge in [0.05, 0.1) is 5.60 Å². The van der Waals surface area contributed by atoms with Crippen LogP contribution in [0.15, 0.2) is 0 Å². The van der Waals surface area contributed by atoms with Crippen LogP contribution in [0.4, 0.5) is 0 Å². The van der Waals surface area contributed by atoms with Crippen molar-refractivity contribution < 1.29 is 9.53 Å². The van der Waals surface area contributed by atoms with Gasteiger partial charge in [-0.1, -0.05) is 12.8 Å². The standard InChI is InChI=1S/C13H21NO2/c15-12(11-8-14-9-11)10-3-6-16-13(7-10)4-1-2-5-13/h10-11,14H,1-9H2. The van der Waals surface area contributed by atoms with E-state index in [0.29, 0.717) is 17.6 Å². The fourth-order valence-corrected chi connectivity index (χ4v) is 3.46. The molecule has 90 valence electrons. The molecule has 1 aliphatic carbocycles. The molecule has 2 saturated heterocycles. The minimum Gasteiger partial charge on any atom is -0.375 e. The van der Waals surface area contributed by atoms with Crippen molar-refractivity contribution in [2.45, 2.75) is 44.1 Å². The second-order valence-corrected chi connectivity index (χ2v) is 5.69. The molecule has 0 aromatic rings. The first-order chi connectivity index (χ1) is 7.79. The van der Waals surface area contributed by atoms with E-state index in [9.17, 15) is 4.79 Å². The average Bonchev–Trinajstić information content (AvgIpc) is 2.64. The molecular weight excluding hydrogens is 202 g/mol. The molecule has 0 aromatic heterocycles. The quantitative estimate of drug-likeness (QED) is 0.771. The number of rotatable bonds is 2. The summed E-state index contributed by atoms with van der Waals surface area (Å²) in [5, 5.41) is 3.19. The minimum absolute atomic E-state index is 0.0930. The summed E-state index contributed by atoms with van der Waals surface area (Å²) >= 11 is 0. The summed E-state index contributed by atoms with van der Waals surface area (Å²) in [6.07, 6.45) is 6.89. The zero-order valence-electron chi connectivity index (χ0n) is 9.84. The fraction of sp³-hybridized carbons (Fsp3) is 0.923. The molecule has 3 rings (SSSR count). The number of carbonyl (C=O) groups excluding carboxylic acids is 1. The monoisotopic (exact) mass is 223 g/mol. The summed E-state index contributed by atoms with van der Waals surface area (Å²) < 4.78 is 5.97. The largest absolute Gasteiger partial charge is 0.375 e. The summed E-state index contributed by atoms with van der Waals surface area (Å²) in [5.74, 6) is 1.11. The fourth-order valence-electron chi connectivity index (χ4n) is 3.46. The predicted octanol–water partition coefficient (Wildman–Crippen LogP) is 1.51. The smallest absolute Gasteiger partial charge is 0.141 e. The molecule has 1 N–H and O–H groups in total. The Labute approximate surface area is 96.9 Å². The van der Waals surface area contributed by atoms with Crippen molar-refractivity contribution in [1.82, 2.24) is 5.32 Å². The van der Waals surface area contributed by atoms with Gasteiger partial charge in [0.15, 0.2) is 0 Å². The minimum atomic E-state index is 0.0930. The zero-order valence-corrected chi connectivity index (χ0v) is 9.84. The average molecular weight is 223 g/mol. The van der Waals surface area contributed by atoms with E-state index in [1.807, 2.05) is 0 Å². The predicted molar refractivity (Wildman–Crippen MR) is 61.2 cm³/mol. The van der Waals surface area contributed by atoms with Crippen molar-refractivity contribution >= 4 is 5.78 Å². The first-order valence-electron chi connectivity index (χ1n) is 6.68. The molecule has 1 unspecified atom stereocenters. The molecule has 3 aliphatic rings. The van der Waals surface area contributed by atoms with Gasteiger partial charge >= 0.3 is 0 Å². The van der Waals surface area contributed by atoms with Gasteiger partial charge in [-0.05, 0) is 25.7 Å². The van der Waals surface area contributed by atoms with E-state index in [2.05, 4.69) is 5.32 Å². The number of ketones is 1. The van der Waals surface area contributed by atoms with Gasteiger partial charge in [-0.2, -0.15) is 0 Å². The van der Waals surface area contributed by atoms with Crippen molar-refractivity contribution in [3.8, 4) is 0 Å². The number of hydrogen-bond acceptors (Lipinski definition) is 3. The first-order valence-corrected chi connectivity index (χ1v) is 6.68. The van der Waals surface area contributed by atoms with Crippen LogP contribution >= 0.6 is 0 Å². The van der Waals surface area contributed by atoms with Gasteiger partial charge < -0.3 is 10.1 Å². The number of Topliss-reactive ketones (excluding diaryl/α,β-unsaturated/α-hetero) is 1. The van der Waals surface area contributed by atoms with Gasteiger partial charge in [-0.3, -0.25) is 4.79 Å².